The summed E-state index contributed by atoms with van der Waals surface area (Å²) in [6.07, 6.45) is 1.57. The molecule has 0 saturated carbocycles. The summed E-state index contributed by atoms with van der Waals surface area (Å²) in [5.74, 6) is 1.01. The topological polar surface area (TPSA) is 72.0 Å². The summed E-state index contributed by atoms with van der Waals surface area (Å²) in [6.45, 7) is 4.68. The van der Waals surface area contributed by atoms with Gasteiger partial charge in [0.05, 0.1) is 19.9 Å². The van der Waals surface area contributed by atoms with Gasteiger partial charge in [0, 0.05) is 5.69 Å². The zero-order chi connectivity index (χ0) is 22.1. The number of nitrogens with zero attached hydrogens (tertiary/aromatic N) is 1. The third-order valence-corrected chi connectivity index (χ3v) is 4.79. The summed E-state index contributed by atoms with van der Waals surface area (Å²) < 4.78 is 11.3. The molecule has 0 heterocycles. The molecule has 0 atom stereocenters. The molecular weight excluding hydrogens is 390 g/mol. The normalized spacial score (nSPS) is 10.7. The highest BCUT2D eigenvalue weighted by Gasteiger charge is 2.06. The van der Waals surface area contributed by atoms with Gasteiger partial charge in [-0.15, -0.1) is 0 Å². The molecule has 2 N–H and O–H groups in total. The Morgan fingerprint density at radius 3 is 2.52 bits per heavy atom. The van der Waals surface area contributed by atoms with Gasteiger partial charge >= 0.3 is 0 Å². The SMILES string of the molecule is COc1cc(/C=N\NC(=O)CNc2ccc(C)c(C)c2)ccc1OCc1ccccc1. The van der Waals surface area contributed by atoms with Gasteiger partial charge in [-0.2, -0.15) is 5.10 Å². The molecule has 0 aliphatic carbocycles. The molecule has 3 aromatic rings. The molecule has 0 aliphatic rings. The molecule has 0 spiro atoms. The van der Waals surface area contributed by atoms with Crippen LogP contribution in [-0.2, 0) is 11.4 Å². The van der Waals surface area contributed by atoms with Crippen LogP contribution in [0.1, 0.15) is 22.3 Å². The molecule has 3 aromatic carbocycles. The van der Waals surface area contributed by atoms with E-state index in [2.05, 4.69) is 22.8 Å². The van der Waals surface area contributed by atoms with Crippen molar-refractivity contribution in [1.82, 2.24) is 5.43 Å². The number of benzene rings is 3. The number of nitrogens with one attached hydrogen (secondary N) is 2. The van der Waals surface area contributed by atoms with Crippen LogP contribution in [0.3, 0.4) is 0 Å². The van der Waals surface area contributed by atoms with Crippen molar-refractivity contribution in [3.05, 3.63) is 89.0 Å². The number of amides is 1. The molecule has 3 rings (SSSR count). The maximum Gasteiger partial charge on any atom is 0.259 e. The smallest absolute Gasteiger partial charge is 0.259 e. The number of ether oxygens (including phenoxy) is 2. The van der Waals surface area contributed by atoms with Gasteiger partial charge in [-0.3, -0.25) is 4.79 Å². The first-order chi connectivity index (χ1) is 15.0. The van der Waals surface area contributed by atoms with Crippen LogP contribution in [-0.4, -0.2) is 25.8 Å². The Kier molecular flexibility index (Phi) is 7.65. The van der Waals surface area contributed by atoms with Gasteiger partial charge in [0.2, 0.25) is 0 Å². The van der Waals surface area contributed by atoms with E-state index in [1.807, 2.05) is 73.7 Å². The number of carbonyl (C=O) groups is 1. The van der Waals surface area contributed by atoms with Crippen LogP contribution in [0, 0.1) is 13.8 Å². The van der Waals surface area contributed by atoms with Gasteiger partial charge in [0.25, 0.3) is 5.91 Å². The van der Waals surface area contributed by atoms with E-state index in [-0.39, 0.29) is 12.5 Å². The van der Waals surface area contributed by atoms with E-state index < -0.39 is 0 Å². The summed E-state index contributed by atoms with van der Waals surface area (Å²) in [5, 5.41) is 7.12. The second kappa shape index (κ2) is 10.8. The number of hydrazone groups is 1. The molecule has 0 unspecified atom stereocenters. The molecule has 6 nitrogen and oxygen atoms in total. The number of anilines is 1. The Balaban J connectivity index is 1.51. The molecule has 6 heteroatoms. The molecule has 0 radical (unpaired) electrons. The molecular formula is C25H27N3O3. The maximum absolute atomic E-state index is 12.0. The predicted octanol–water partition coefficient (Wildman–Crippen LogP) is 4.45. The third kappa shape index (κ3) is 6.60. The molecule has 160 valence electrons. The van der Waals surface area contributed by atoms with Crippen LogP contribution in [0.2, 0.25) is 0 Å². The van der Waals surface area contributed by atoms with Crippen LogP contribution in [0.4, 0.5) is 5.69 Å². The van der Waals surface area contributed by atoms with E-state index >= 15 is 0 Å². The number of methoxy groups -OCH3 is 1. The van der Waals surface area contributed by atoms with E-state index in [0.29, 0.717) is 18.1 Å². The molecule has 0 fully saturated rings. The zero-order valence-corrected chi connectivity index (χ0v) is 18.0. The van der Waals surface area contributed by atoms with Gasteiger partial charge in [0.1, 0.15) is 6.61 Å². The minimum Gasteiger partial charge on any atom is -0.493 e. The van der Waals surface area contributed by atoms with E-state index in [1.165, 1.54) is 11.1 Å². The first-order valence-corrected chi connectivity index (χ1v) is 10.0. The molecule has 0 aromatic heterocycles. The average molecular weight is 418 g/mol. The lowest BCUT2D eigenvalue weighted by Crippen LogP contribution is -2.25. The highest BCUT2D eigenvalue weighted by Crippen LogP contribution is 2.28. The monoisotopic (exact) mass is 417 g/mol. The Labute approximate surface area is 182 Å². The van der Waals surface area contributed by atoms with Crippen LogP contribution in [0.5, 0.6) is 11.5 Å². The van der Waals surface area contributed by atoms with Gasteiger partial charge < -0.3 is 14.8 Å². The number of carbonyl (C=O) groups excluding carboxylic acids is 1. The number of rotatable bonds is 9. The van der Waals surface area contributed by atoms with Crippen LogP contribution in [0.15, 0.2) is 71.8 Å². The minimum absolute atomic E-state index is 0.134. The second-order valence-electron chi connectivity index (χ2n) is 7.13. The van der Waals surface area contributed by atoms with Crippen molar-refractivity contribution in [3.8, 4) is 11.5 Å². The van der Waals surface area contributed by atoms with Crippen molar-refractivity contribution < 1.29 is 14.3 Å². The lowest BCUT2D eigenvalue weighted by Gasteiger charge is -2.11. The Morgan fingerprint density at radius 1 is 0.968 bits per heavy atom. The molecule has 0 bridgehead atoms. The quantitative estimate of drug-likeness (QED) is 0.398. The van der Waals surface area contributed by atoms with Gasteiger partial charge in [-0.25, -0.2) is 5.43 Å². The summed E-state index contributed by atoms with van der Waals surface area (Å²) in [6, 6.07) is 21.4. The third-order valence-electron chi connectivity index (χ3n) is 4.79. The van der Waals surface area contributed by atoms with Crippen molar-refractivity contribution >= 4 is 17.8 Å². The van der Waals surface area contributed by atoms with Gasteiger partial charge in [0.15, 0.2) is 11.5 Å². The standard InChI is InChI=1S/C25H27N3O3/c1-18-9-11-22(13-19(18)2)26-16-25(29)28-27-15-21-10-12-23(24(14-21)30-3)31-17-20-7-5-4-6-8-20/h4-15,26H,16-17H2,1-3H3,(H,28,29)/b27-15-. The van der Waals surface area contributed by atoms with Crippen LogP contribution >= 0.6 is 0 Å². The zero-order valence-electron chi connectivity index (χ0n) is 18.0. The van der Waals surface area contributed by atoms with Gasteiger partial charge in [-0.05, 0) is 66.4 Å². The molecule has 0 saturated heterocycles. The predicted molar refractivity (Wildman–Crippen MR) is 124 cm³/mol. The largest absolute Gasteiger partial charge is 0.493 e. The minimum atomic E-state index is -0.232. The molecule has 31 heavy (non-hydrogen) atoms. The van der Waals surface area contributed by atoms with Crippen LogP contribution in [0.25, 0.3) is 0 Å². The molecule has 0 aliphatic heterocycles. The fourth-order valence-electron chi connectivity index (χ4n) is 2.87. The van der Waals surface area contributed by atoms with Crippen molar-refractivity contribution in [2.75, 3.05) is 19.0 Å². The first-order valence-electron chi connectivity index (χ1n) is 10.0. The summed E-state index contributed by atoms with van der Waals surface area (Å²) in [4.78, 5) is 12.0. The maximum atomic E-state index is 12.0. The van der Waals surface area contributed by atoms with Crippen molar-refractivity contribution in [2.24, 2.45) is 5.10 Å². The van der Waals surface area contributed by atoms with Crippen molar-refractivity contribution in [2.45, 2.75) is 20.5 Å². The fraction of sp³-hybridized carbons (Fsp3) is 0.200. The Morgan fingerprint density at radius 2 is 1.77 bits per heavy atom. The summed E-state index contributed by atoms with van der Waals surface area (Å²) in [5.41, 5.74) is 7.67. The number of hydrogen-bond acceptors (Lipinski definition) is 5. The number of aryl methyl sites for hydroxylation is 2. The lowest BCUT2D eigenvalue weighted by atomic mass is 10.1. The summed E-state index contributed by atoms with van der Waals surface area (Å²) >= 11 is 0. The van der Waals surface area contributed by atoms with Crippen molar-refractivity contribution in [1.29, 1.82) is 0 Å². The van der Waals surface area contributed by atoms with Crippen LogP contribution < -0.4 is 20.2 Å². The molecule has 1 amide bonds. The Hall–Kier alpha value is -3.80. The number of hydrogen-bond donors (Lipinski definition) is 2. The van der Waals surface area contributed by atoms with E-state index in [0.717, 1.165) is 16.8 Å². The van der Waals surface area contributed by atoms with E-state index in [9.17, 15) is 4.79 Å². The Bertz CT molecular complexity index is 1050. The van der Waals surface area contributed by atoms with Crippen molar-refractivity contribution in [3.63, 3.8) is 0 Å². The first kappa shape index (κ1) is 21.9. The lowest BCUT2D eigenvalue weighted by molar-refractivity contribution is -0.119. The average Bonchev–Trinajstić information content (AvgIpc) is 2.79. The fourth-order valence-corrected chi connectivity index (χ4v) is 2.87. The van der Waals surface area contributed by atoms with E-state index in [1.54, 1.807) is 13.3 Å². The van der Waals surface area contributed by atoms with Gasteiger partial charge in [-0.1, -0.05) is 36.4 Å². The highest BCUT2D eigenvalue weighted by molar-refractivity contribution is 5.84. The second-order valence-corrected chi connectivity index (χ2v) is 7.13. The highest BCUT2D eigenvalue weighted by atomic mass is 16.5. The summed E-state index contributed by atoms with van der Waals surface area (Å²) in [7, 11) is 1.59. The van der Waals surface area contributed by atoms with E-state index in [4.69, 9.17) is 9.47 Å².